The number of hydrogen-bond donors (Lipinski definition) is 0. The van der Waals surface area contributed by atoms with Crippen molar-refractivity contribution in [3.8, 4) is 0 Å². The van der Waals surface area contributed by atoms with Crippen molar-refractivity contribution in [3.63, 3.8) is 0 Å². The van der Waals surface area contributed by atoms with Crippen LogP contribution >= 0.6 is 0 Å². The molecule has 0 fully saturated rings. The van der Waals surface area contributed by atoms with E-state index >= 15 is 0 Å². The Morgan fingerprint density at radius 3 is 2.20 bits per heavy atom. The lowest BCUT2D eigenvalue weighted by molar-refractivity contribution is -0.119. The smallest absolute Gasteiger partial charge is 0.170 e. The van der Waals surface area contributed by atoms with Gasteiger partial charge in [0.15, 0.2) is 5.78 Å². The fourth-order valence-electron chi connectivity index (χ4n) is 1.86. The summed E-state index contributed by atoms with van der Waals surface area (Å²) in [5.74, 6) is -0.185. The number of carbonyl (C=O) groups excluding carboxylic acids is 2. The van der Waals surface area contributed by atoms with Crippen LogP contribution in [0, 0.1) is 0 Å². The van der Waals surface area contributed by atoms with Gasteiger partial charge in [0.1, 0.15) is 5.78 Å². The molecule has 0 aliphatic heterocycles. The second-order valence-corrected chi connectivity index (χ2v) is 5.91. The molecule has 0 amide bonds. The third-order valence-electron chi connectivity index (χ3n) is 3.16. The van der Waals surface area contributed by atoms with Crippen LogP contribution in [0.3, 0.4) is 0 Å². The molecule has 0 N–H and O–H groups in total. The summed E-state index contributed by atoms with van der Waals surface area (Å²) in [5, 5.41) is 0. The summed E-state index contributed by atoms with van der Waals surface area (Å²) in [4.78, 5) is 23.6. The summed E-state index contributed by atoms with van der Waals surface area (Å²) < 4.78 is 5.11. The molecule has 3 nitrogen and oxygen atoms in total. The molecule has 20 heavy (non-hydrogen) atoms. The van der Waals surface area contributed by atoms with Gasteiger partial charge in [0, 0.05) is 18.6 Å². The average Bonchev–Trinajstić information content (AvgIpc) is 2.38. The largest absolute Gasteiger partial charge is 0.381 e. The number of rotatable bonds is 7. The van der Waals surface area contributed by atoms with Crippen LogP contribution in [0.25, 0.3) is 0 Å². The van der Waals surface area contributed by atoms with Crippen molar-refractivity contribution in [1.82, 2.24) is 0 Å². The van der Waals surface area contributed by atoms with E-state index in [0.717, 1.165) is 0 Å². The molecule has 0 unspecified atom stereocenters. The summed E-state index contributed by atoms with van der Waals surface area (Å²) in [6.07, 6.45) is 0.265. The molecule has 0 saturated carbocycles. The van der Waals surface area contributed by atoms with Gasteiger partial charge in [-0.25, -0.2) is 0 Å². The lowest BCUT2D eigenvalue weighted by Gasteiger charge is -2.18. The van der Waals surface area contributed by atoms with Crippen LogP contribution in [0.1, 0.15) is 56.5 Å². The van der Waals surface area contributed by atoms with Crippen LogP contribution in [0.4, 0.5) is 0 Å². The summed E-state index contributed by atoms with van der Waals surface area (Å²) >= 11 is 0. The molecule has 0 spiro atoms. The second kappa shape index (κ2) is 7.34. The van der Waals surface area contributed by atoms with Gasteiger partial charge in [0.25, 0.3) is 0 Å². The minimum Gasteiger partial charge on any atom is -0.381 e. The molecular weight excluding hydrogens is 252 g/mol. The third kappa shape index (κ3) is 5.25. The zero-order valence-electron chi connectivity index (χ0n) is 12.9. The molecule has 1 aromatic rings. The first-order chi connectivity index (χ1) is 9.34. The molecule has 0 heterocycles. The molecule has 0 atom stereocenters. The van der Waals surface area contributed by atoms with Crippen molar-refractivity contribution in [1.29, 1.82) is 0 Å². The second-order valence-electron chi connectivity index (χ2n) is 5.91. The van der Waals surface area contributed by atoms with Crippen LogP contribution in [-0.4, -0.2) is 24.8 Å². The van der Waals surface area contributed by atoms with Crippen molar-refractivity contribution in [2.24, 2.45) is 0 Å². The van der Waals surface area contributed by atoms with E-state index in [-0.39, 0.29) is 23.4 Å². The first-order valence-corrected chi connectivity index (χ1v) is 7.07. The predicted molar refractivity (Wildman–Crippen MR) is 80.2 cm³/mol. The number of hydrogen-bond acceptors (Lipinski definition) is 3. The van der Waals surface area contributed by atoms with Gasteiger partial charge in [-0.3, -0.25) is 9.59 Å². The molecule has 0 radical (unpaired) electrons. The van der Waals surface area contributed by atoms with Crippen LogP contribution < -0.4 is 0 Å². The first kappa shape index (κ1) is 16.6. The average molecular weight is 276 g/mol. The van der Waals surface area contributed by atoms with E-state index in [4.69, 9.17) is 4.74 Å². The Labute approximate surface area is 121 Å². The Hall–Kier alpha value is -1.48. The molecule has 3 heteroatoms. The Morgan fingerprint density at radius 2 is 1.70 bits per heavy atom. The molecule has 0 aliphatic carbocycles. The number of Topliss-reactive ketones (excluding diaryl/α,β-unsaturated/α-hetero) is 2. The van der Waals surface area contributed by atoms with E-state index in [1.807, 2.05) is 19.1 Å². The molecule has 1 aromatic carbocycles. The zero-order chi connectivity index (χ0) is 15.2. The van der Waals surface area contributed by atoms with Crippen LogP contribution in [0.15, 0.2) is 24.3 Å². The van der Waals surface area contributed by atoms with E-state index in [1.54, 1.807) is 12.1 Å². The molecule has 0 aliphatic rings. The normalized spacial score (nSPS) is 11.4. The maximum Gasteiger partial charge on any atom is 0.170 e. The van der Waals surface area contributed by atoms with Crippen molar-refractivity contribution >= 4 is 11.6 Å². The zero-order valence-corrected chi connectivity index (χ0v) is 12.9. The summed E-state index contributed by atoms with van der Waals surface area (Å²) in [6.45, 7) is 9.25. The molecule has 0 aromatic heterocycles. The SMILES string of the molecule is CCOCCC(=O)CC(=O)c1ccc(C(C)(C)C)cc1. The number of benzene rings is 1. The van der Waals surface area contributed by atoms with Gasteiger partial charge >= 0.3 is 0 Å². The minimum atomic E-state index is -0.119. The van der Waals surface area contributed by atoms with Crippen LogP contribution in [0.2, 0.25) is 0 Å². The van der Waals surface area contributed by atoms with Crippen molar-refractivity contribution in [2.75, 3.05) is 13.2 Å². The standard InChI is InChI=1S/C17H24O3/c1-5-20-11-10-15(18)12-16(19)13-6-8-14(9-7-13)17(2,3)4/h6-9H,5,10-12H2,1-4H3. The van der Waals surface area contributed by atoms with Crippen LogP contribution in [0.5, 0.6) is 0 Å². The molecule has 1 rings (SSSR count). The van der Waals surface area contributed by atoms with E-state index in [2.05, 4.69) is 20.8 Å². The fraction of sp³-hybridized carbons (Fsp3) is 0.529. The maximum absolute atomic E-state index is 12.0. The number of ketones is 2. The van der Waals surface area contributed by atoms with Crippen LogP contribution in [-0.2, 0) is 14.9 Å². The third-order valence-corrected chi connectivity index (χ3v) is 3.16. The van der Waals surface area contributed by atoms with E-state index < -0.39 is 0 Å². The lowest BCUT2D eigenvalue weighted by atomic mass is 9.86. The van der Waals surface area contributed by atoms with Gasteiger partial charge in [-0.15, -0.1) is 0 Å². The maximum atomic E-state index is 12.0. The highest BCUT2D eigenvalue weighted by Crippen LogP contribution is 2.22. The first-order valence-electron chi connectivity index (χ1n) is 7.07. The van der Waals surface area contributed by atoms with Gasteiger partial charge in [-0.1, -0.05) is 45.0 Å². The van der Waals surface area contributed by atoms with E-state index in [1.165, 1.54) is 5.56 Å². The molecular formula is C17H24O3. The van der Waals surface area contributed by atoms with Gasteiger partial charge in [0.2, 0.25) is 0 Å². The highest BCUT2D eigenvalue weighted by atomic mass is 16.5. The number of ether oxygens (including phenoxy) is 1. The highest BCUT2D eigenvalue weighted by molar-refractivity contribution is 6.07. The quantitative estimate of drug-likeness (QED) is 0.434. The Balaban J connectivity index is 2.58. The lowest BCUT2D eigenvalue weighted by Crippen LogP contribution is -2.13. The Bertz CT molecular complexity index is 452. The highest BCUT2D eigenvalue weighted by Gasteiger charge is 2.15. The summed E-state index contributed by atoms with van der Waals surface area (Å²) in [6, 6.07) is 7.52. The van der Waals surface area contributed by atoms with Gasteiger partial charge in [-0.2, -0.15) is 0 Å². The Morgan fingerprint density at radius 1 is 1.10 bits per heavy atom. The minimum absolute atomic E-state index is 0.0397. The Kier molecular flexibility index (Phi) is 6.08. The van der Waals surface area contributed by atoms with Crippen molar-refractivity contribution < 1.29 is 14.3 Å². The summed E-state index contributed by atoms with van der Waals surface area (Å²) in [5.41, 5.74) is 1.84. The monoisotopic (exact) mass is 276 g/mol. The molecule has 0 bridgehead atoms. The van der Waals surface area contributed by atoms with Crippen molar-refractivity contribution in [3.05, 3.63) is 35.4 Å². The summed E-state index contributed by atoms with van der Waals surface area (Å²) in [7, 11) is 0. The van der Waals surface area contributed by atoms with Crippen molar-refractivity contribution in [2.45, 2.75) is 46.0 Å². The molecule has 0 saturated heterocycles. The fourth-order valence-corrected chi connectivity index (χ4v) is 1.86. The predicted octanol–water partition coefficient (Wildman–Crippen LogP) is 3.55. The van der Waals surface area contributed by atoms with Gasteiger partial charge < -0.3 is 4.74 Å². The van der Waals surface area contributed by atoms with Gasteiger partial charge in [0.05, 0.1) is 13.0 Å². The number of carbonyl (C=O) groups is 2. The van der Waals surface area contributed by atoms with E-state index in [0.29, 0.717) is 25.2 Å². The van der Waals surface area contributed by atoms with E-state index in [9.17, 15) is 9.59 Å². The topological polar surface area (TPSA) is 43.4 Å². The van der Waals surface area contributed by atoms with Gasteiger partial charge in [-0.05, 0) is 17.9 Å². The molecule has 110 valence electrons.